The first kappa shape index (κ1) is 6.95. The minimum Gasteiger partial charge on any atom is -0.297 e. The second kappa shape index (κ2) is 3.79. The van der Waals surface area contributed by atoms with Crippen molar-refractivity contribution in [2.45, 2.75) is 6.92 Å². The van der Waals surface area contributed by atoms with Crippen molar-refractivity contribution in [3.63, 3.8) is 0 Å². The Labute approximate surface area is 55.1 Å². The van der Waals surface area contributed by atoms with Crippen LogP contribution in [0.15, 0.2) is 0 Å². The molecule has 0 spiro atoms. The zero-order valence-corrected chi connectivity index (χ0v) is 5.68. The molecule has 2 N–H and O–H groups in total. The molecule has 0 radical (unpaired) electrons. The standard InChI is InChI=1S/C5H13N3O/c1-2-9-8-4-6-3-7-5-8/h6-7H,2-5H2,1H3. The molecule has 1 saturated heterocycles. The van der Waals surface area contributed by atoms with Crippen molar-refractivity contribution in [1.82, 2.24) is 15.7 Å². The van der Waals surface area contributed by atoms with Gasteiger partial charge in [-0.05, 0) is 6.92 Å². The first-order valence-corrected chi connectivity index (χ1v) is 3.23. The predicted octanol–water partition coefficient (Wildman–Crippen LogP) is -0.695. The highest BCUT2D eigenvalue weighted by molar-refractivity contribution is 4.50. The minimum atomic E-state index is 0.739. The predicted molar refractivity (Wildman–Crippen MR) is 34.3 cm³/mol. The van der Waals surface area contributed by atoms with Crippen LogP contribution < -0.4 is 10.6 Å². The summed E-state index contributed by atoms with van der Waals surface area (Å²) >= 11 is 0. The molecule has 1 aliphatic heterocycles. The van der Waals surface area contributed by atoms with E-state index in [-0.39, 0.29) is 0 Å². The monoisotopic (exact) mass is 131 g/mol. The highest BCUT2D eigenvalue weighted by atomic mass is 16.7. The fourth-order valence-electron chi connectivity index (χ4n) is 0.779. The van der Waals surface area contributed by atoms with Crippen molar-refractivity contribution in [3.8, 4) is 0 Å². The van der Waals surface area contributed by atoms with E-state index in [9.17, 15) is 0 Å². The van der Waals surface area contributed by atoms with Crippen LogP contribution in [0.4, 0.5) is 0 Å². The highest BCUT2D eigenvalue weighted by Crippen LogP contribution is 1.87. The van der Waals surface area contributed by atoms with Crippen LogP contribution in [-0.4, -0.2) is 31.7 Å². The maximum atomic E-state index is 5.19. The third kappa shape index (κ3) is 2.28. The molecular weight excluding hydrogens is 118 g/mol. The fourth-order valence-corrected chi connectivity index (χ4v) is 0.779. The van der Waals surface area contributed by atoms with Gasteiger partial charge in [-0.25, -0.2) is 0 Å². The second-order valence-electron chi connectivity index (χ2n) is 1.89. The SMILES string of the molecule is CCON1CNCNC1. The van der Waals surface area contributed by atoms with Crippen molar-refractivity contribution < 1.29 is 4.84 Å². The second-order valence-corrected chi connectivity index (χ2v) is 1.89. The summed E-state index contributed by atoms with van der Waals surface area (Å²) in [5, 5.41) is 8.07. The molecule has 9 heavy (non-hydrogen) atoms. The van der Waals surface area contributed by atoms with Gasteiger partial charge in [0.05, 0.1) is 19.9 Å². The van der Waals surface area contributed by atoms with E-state index in [0.717, 1.165) is 26.6 Å². The third-order valence-electron chi connectivity index (χ3n) is 1.14. The minimum absolute atomic E-state index is 0.739. The Kier molecular flexibility index (Phi) is 2.93. The number of nitrogens with one attached hydrogen (secondary N) is 2. The average Bonchev–Trinajstić information content (AvgIpc) is 1.91. The van der Waals surface area contributed by atoms with Gasteiger partial charge in [0.15, 0.2) is 0 Å². The summed E-state index contributed by atoms with van der Waals surface area (Å²) in [6.07, 6.45) is 0. The van der Waals surface area contributed by atoms with E-state index in [0.29, 0.717) is 0 Å². The van der Waals surface area contributed by atoms with Crippen LogP contribution >= 0.6 is 0 Å². The van der Waals surface area contributed by atoms with Gasteiger partial charge in [0.25, 0.3) is 0 Å². The lowest BCUT2D eigenvalue weighted by Crippen LogP contribution is -2.50. The molecule has 0 bridgehead atoms. The molecule has 0 saturated carbocycles. The lowest BCUT2D eigenvalue weighted by atomic mass is 10.7. The Morgan fingerprint density at radius 3 is 2.67 bits per heavy atom. The van der Waals surface area contributed by atoms with Crippen LogP contribution in [0.3, 0.4) is 0 Å². The van der Waals surface area contributed by atoms with E-state index < -0.39 is 0 Å². The van der Waals surface area contributed by atoms with E-state index >= 15 is 0 Å². The average molecular weight is 131 g/mol. The molecular formula is C5H13N3O. The molecule has 0 aromatic heterocycles. The number of hydrogen-bond donors (Lipinski definition) is 2. The zero-order chi connectivity index (χ0) is 6.53. The van der Waals surface area contributed by atoms with Crippen molar-refractivity contribution >= 4 is 0 Å². The Morgan fingerprint density at radius 2 is 2.11 bits per heavy atom. The normalized spacial score (nSPS) is 22.3. The topological polar surface area (TPSA) is 36.5 Å². The van der Waals surface area contributed by atoms with Crippen molar-refractivity contribution in [2.75, 3.05) is 26.6 Å². The lowest BCUT2D eigenvalue weighted by molar-refractivity contribution is -0.173. The summed E-state index contributed by atoms with van der Waals surface area (Å²) in [6, 6.07) is 0. The first-order chi connectivity index (χ1) is 4.43. The molecule has 1 fully saturated rings. The molecule has 0 aromatic rings. The number of nitrogens with zero attached hydrogens (tertiary/aromatic N) is 1. The van der Waals surface area contributed by atoms with Gasteiger partial charge in [-0.2, -0.15) is 5.06 Å². The quantitative estimate of drug-likeness (QED) is 0.520. The highest BCUT2D eigenvalue weighted by Gasteiger charge is 2.06. The van der Waals surface area contributed by atoms with Crippen LogP contribution in [0, 0.1) is 0 Å². The van der Waals surface area contributed by atoms with Gasteiger partial charge in [-0.3, -0.25) is 15.5 Å². The van der Waals surface area contributed by atoms with Crippen LogP contribution in [0.25, 0.3) is 0 Å². The molecule has 0 unspecified atom stereocenters. The third-order valence-corrected chi connectivity index (χ3v) is 1.14. The summed E-state index contributed by atoms with van der Waals surface area (Å²) in [7, 11) is 0. The molecule has 0 atom stereocenters. The van der Waals surface area contributed by atoms with Crippen molar-refractivity contribution in [2.24, 2.45) is 0 Å². The summed E-state index contributed by atoms with van der Waals surface area (Å²) in [5.74, 6) is 0. The maximum Gasteiger partial charge on any atom is 0.0756 e. The molecule has 0 aromatic carbocycles. The smallest absolute Gasteiger partial charge is 0.0756 e. The van der Waals surface area contributed by atoms with Gasteiger partial charge in [0.2, 0.25) is 0 Å². The molecule has 4 nitrogen and oxygen atoms in total. The van der Waals surface area contributed by atoms with Crippen LogP contribution in [0.5, 0.6) is 0 Å². The molecule has 1 aliphatic rings. The summed E-state index contributed by atoms with van der Waals surface area (Å²) < 4.78 is 0. The molecule has 4 heteroatoms. The summed E-state index contributed by atoms with van der Waals surface area (Å²) in [4.78, 5) is 5.19. The van der Waals surface area contributed by atoms with Crippen molar-refractivity contribution in [1.29, 1.82) is 0 Å². The van der Waals surface area contributed by atoms with Gasteiger partial charge in [-0.15, -0.1) is 0 Å². The van der Waals surface area contributed by atoms with E-state index in [1.165, 1.54) is 0 Å². The summed E-state index contributed by atoms with van der Waals surface area (Å²) in [6.45, 7) is 5.24. The van der Waals surface area contributed by atoms with E-state index in [1.54, 1.807) is 0 Å². The lowest BCUT2D eigenvalue weighted by Gasteiger charge is -2.26. The first-order valence-electron chi connectivity index (χ1n) is 3.23. The molecule has 1 rings (SSSR count). The Balaban J connectivity index is 2.08. The maximum absolute atomic E-state index is 5.19. The Morgan fingerprint density at radius 1 is 1.44 bits per heavy atom. The molecule has 0 amide bonds. The van der Waals surface area contributed by atoms with Gasteiger partial charge in [0.1, 0.15) is 0 Å². The number of rotatable bonds is 2. The zero-order valence-electron chi connectivity index (χ0n) is 5.68. The largest absolute Gasteiger partial charge is 0.297 e. The Bertz CT molecular complexity index is 69.8. The number of hydrogen-bond acceptors (Lipinski definition) is 4. The molecule has 1 heterocycles. The van der Waals surface area contributed by atoms with Crippen LogP contribution in [-0.2, 0) is 4.84 Å². The van der Waals surface area contributed by atoms with Gasteiger partial charge in [-0.1, -0.05) is 0 Å². The summed E-state index contributed by atoms with van der Waals surface area (Å²) in [5.41, 5.74) is 0. The van der Waals surface area contributed by atoms with Crippen LogP contribution in [0.1, 0.15) is 6.92 Å². The van der Waals surface area contributed by atoms with Gasteiger partial charge in [0, 0.05) is 6.67 Å². The van der Waals surface area contributed by atoms with E-state index in [2.05, 4.69) is 10.6 Å². The van der Waals surface area contributed by atoms with E-state index in [4.69, 9.17) is 4.84 Å². The van der Waals surface area contributed by atoms with Gasteiger partial charge < -0.3 is 0 Å². The Hall–Kier alpha value is -0.160. The molecule has 0 aliphatic carbocycles. The van der Waals surface area contributed by atoms with Crippen molar-refractivity contribution in [3.05, 3.63) is 0 Å². The molecule has 54 valence electrons. The van der Waals surface area contributed by atoms with Gasteiger partial charge >= 0.3 is 0 Å². The van der Waals surface area contributed by atoms with Crippen LogP contribution in [0.2, 0.25) is 0 Å². The fraction of sp³-hybridized carbons (Fsp3) is 1.00. The van der Waals surface area contributed by atoms with E-state index in [1.807, 2.05) is 12.0 Å². The number of hydroxylamine groups is 2.